The molecule has 10 atom stereocenters. The number of ether oxygens (including phenoxy) is 2. The summed E-state index contributed by atoms with van der Waals surface area (Å²) in [5.41, 5.74) is 7.46. The largest absolute Gasteiger partial charge is 0.451 e. The topological polar surface area (TPSA) is 278 Å². The summed E-state index contributed by atoms with van der Waals surface area (Å²) in [6, 6.07) is 15.5. The Hall–Kier alpha value is -6.75. The number of pyridine rings is 2. The number of halogens is 1. The van der Waals surface area contributed by atoms with Crippen LogP contribution < -0.4 is 32.1 Å². The van der Waals surface area contributed by atoms with E-state index in [-0.39, 0.29) is 59.0 Å². The van der Waals surface area contributed by atoms with Crippen LogP contribution in [0.15, 0.2) is 83.9 Å². The molecule has 4 aromatic rings. The summed E-state index contributed by atoms with van der Waals surface area (Å²) >= 11 is 3.47. The third kappa shape index (κ3) is 20.5. The highest BCUT2D eigenvalue weighted by atomic mass is 79.9. The quantitative estimate of drug-likeness (QED) is 0.0326. The van der Waals surface area contributed by atoms with E-state index in [1.165, 1.54) is 16.1 Å². The SMILES string of the molecule is C=C[C@](C)(CO[Si](C)(C)C(C)(C)C)C(=O)O[C@H](C(=O)N[C@@H](C)C(=O)N1CCC[C@@H](C(=O)N[C@H](C)c2ccc3ccc(Br)cc3n2)N1)C(C)C.CC(C)[C@@H]1OC(=O)[C@@](C)(CO[Si](C)(C)C(C)(C)C)/C=C/c2ccc3ccc(nc3c2)[C@@H](C)NC(=O)[C@@H]2CCCN(N2)C(=O)[C@H](C)NC1=O. The summed E-state index contributed by atoms with van der Waals surface area (Å²) in [4.78, 5) is 118. The van der Waals surface area contributed by atoms with Crippen LogP contribution >= 0.6 is 15.9 Å². The minimum Gasteiger partial charge on any atom is -0.451 e. The van der Waals surface area contributed by atoms with E-state index in [1.54, 1.807) is 61.5 Å². The maximum atomic E-state index is 14.1. The highest BCUT2D eigenvalue weighted by Crippen LogP contribution is 2.40. The lowest BCUT2D eigenvalue weighted by Gasteiger charge is -2.39. The maximum Gasteiger partial charge on any atom is 0.318 e. The molecule has 22 nitrogen and oxygen atoms in total. The molecular formula is C72H107BrN10O12Si2. The number of amides is 6. The lowest BCUT2D eigenvalue weighted by Crippen LogP contribution is -2.61. The number of nitrogens with zero attached hydrogens (tertiary/aromatic N) is 4. The molecule has 5 bridgehead atoms. The number of hydrogen-bond acceptors (Lipinski definition) is 16. The van der Waals surface area contributed by atoms with Crippen molar-refractivity contribution < 1.29 is 56.7 Å². The van der Waals surface area contributed by atoms with Crippen LogP contribution in [0.3, 0.4) is 0 Å². The van der Waals surface area contributed by atoms with Crippen molar-refractivity contribution in [3.05, 3.63) is 101 Å². The monoisotopic (exact) mass is 1440 g/mol. The predicted octanol–water partition coefficient (Wildman–Crippen LogP) is 11.0. The maximum absolute atomic E-state index is 14.1. The van der Waals surface area contributed by atoms with Gasteiger partial charge in [0.1, 0.15) is 35.0 Å². The predicted molar refractivity (Wildman–Crippen MR) is 386 cm³/mol. The number of esters is 2. The number of hydrazine groups is 2. The molecule has 97 heavy (non-hydrogen) atoms. The summed E-state index contributed by atoms with van der Waals surface area (Å²) < 4.78 is 25.5. The number of carbonyl (C=O) groups is 8. The zero-order valence-electron chi connectivity index (χ0n) is 60.7. The first-order chi connectivity index (χ1) is 45.0. The molecule has 6 N–H and O–H groups in total. The molecule has 532 valence electrons. The van der Waals surface area contributed by atoms with Gasteiger partial charge in [-0.3, -0.25) is 58.3 Å². The summed E-state index contributed by atoms with van der Waals surface area (Å²) in [7, 11) is -4.44. The van der Waals surface area contributed by atoms with Crippen molar-refractivity contribution in [2.24, 2.45) is 22.7 Å². The Morgan fingerprint density at radius 3 is 2.00 bits per heavy atom. The Bertz CT molecular complexity index is 3570. The lowest BCUT2D eigenvalue weighted by molar-refractivity contribution is -0.167. The summed E-state index contributed by atoms with van der Waals surface area (Å²) in [5, 5.41) is 16.0. The number of cyclic esters (lactones) is 1. The molecule has 2 fully saturated rings. The Labute approximate surface area is 584 Å². The molecule has 2 aromatic heterocycles. The first-order valence-electron chi connectivity index (χ1n) is 33.9. The molecule has 0 radical (unpaired) electrons. The lowest BCUT2D eigenvalue weighted by atomic mass is 9.90. The summed E-state index contributed by atoms with van der Waals surface area (Å²) in [6.07, 6.45) is 5.12. The van der Waals surface area contributed by atoms with Gasteiger partial charge in [0.2, 0.25) is 11.8 Å². The number of rotatable bonds is 17. The van der Waals surface area contributed by atoms with Crippen molar-refractivity contribution >= 4 is 108 Å². The van der Waals surface area contributed by atoms with Crippen LogP contribution in [0.2, 0.25) is 36.3 Å². The van der Waals surface area contributed by atoms with E-state index in [0.29, 0.717) is 44.5 Å². The van der Waals surface area contributed by atoms with Gasteiger partial charge in [0.25, 0.3) is 23.6 Å². The molecule has 0 spiro atoms. The van der Waals surface area contributed by atoms with Gasteiger partial charge in [0.15, 0.2) is 28.8 Å². The van der Waals surface area contributed by atoms with E-state index in [9.17, 15) is 38.4 Å². The molecule has 0 aliphatic carbocycles. The minimum absolute atomic E-state index is 0.0547. The molecule has 3 aliphatic rings. The molecule has 7 rings (SSSR count). The van der Waals surface area contributed by atoms with Crippen molar-refractivity contribution in [3.8, 4) is 0 Å². The van der Waals surface area contributed by atoms with Gasteiger partial charge in [0, 0.05) is 28.3 Å². The van der Waals surface area contributed by atoms with Gasteiger partial charge in [0.05, 0.1) is 47.7 Å². The van der Waals surface area contributed by atoms with E-state index in [0.717, 1.165) is 37.5 Å². The third-order valence-corrected chi connectivity index (χ3v) is 28.8. The van der Waals surface area contributed by atoms with Gasteiger partial charge < -0.3 is 39.6 Å². The van der Waals surface area contributed by atoms with E-state index in [4.69, 9.17) is 28.3 Å². The Morgan fingerprint density at radius 1 is 0.773 bits per heavy atom. The van der Waals surface area contributed by atoms with Gasteiger partial charge >= 0.3 is 11.9 Å². The average Bonchev–Trinajstić information content (AvgIpc) is 1.24. The smallest absolute Gasteiger partial charge is 0.318 e. The number of benzene rings is 2. The van der Waals surface area contributed by atoms with E-state index in [2.05, 4.69) is 122 Å². The molecular weight excluding hydrogens is 1330 g/mol. The number of carbonyl (C=O) groups excluding carboxylic acids is 8. The number of aromatic nitrogens is 2. The van der Waals surface area contributed by atoms with Crippen LogP contribution in [0, 0.1) is 22.7 Å². The number of hydrogen-bond donors (Lipinski definition) is 6. The molecule has 25 heteroatoms. The molecule has 0 unspecified atom stereocenters. The second kappa shape index (κ2) is 32.5. The van der Waals surface area contributed by atoms with Gasteiger partial charge in [-0.15, -0.1) is 6.58 Å². The number of nitrogens with one attached hydrogen (secondary N) is 6. The van der Waals surface area contributed by atoms with Crippen LogP contribution in [0.4, 0.5) is 0 Å². The van der Waals surface area contributed by atoms with Crippen LogP contribution in [0.25, 0.3) is 27.9 Å². The molecule has 5 heterocycles. The van der Waals surface area contributed by atoms with Gasteiger partial charge in [-0.2, -0.15) is 0 Å². The van der Waals surface area contributed by atoms with Gasteiger partial charge in [-0.05, 0) is 151 Å². The summed E-state index contributed by atoms with van der Waals surface area (Å²) in [5.74, 6) is -4.44. The fourth-order valence-corrected chi connectivity index (χ4v) is 12.8. The Kier molecular flexibility index (Phi) is 26.5. The minimum atomic E-state index is -2.27. The van der Waals surface area contributed by atoms with Crippen LogP contribution in [0.1, 0.15) is 165 Å². The van der Waals surface area contributed by atoms with Gasteiger partial charge in [-0.25, -0.2) is 10.9 Å². The zero-order chi connectivity index (χ0) is 72.5. The summed E-state index contributed by atoms with van der Waals surface area (Å²) in [6.45, 7) is 43.4. The molecule has 2 saturated heterocycles. The fraction of sp³-hybridized carbons (Fsp3) is 0.583. The van der Waals surface area contributed by atoms with Crippen molar-refractivity contribution in [2.75, 3.05) is 26.3 Å². The molecule has 3 aliphatic heterocycles. The van der Waals surface area contributed by atoms with Crippen molar-refractivity contribution in [3.63, 3.8) is 0 Å². The van der Waals surface area contributed by atoms with E-state index in [1.807, 2.05) is 80.6 Å². The first-order valence-corrected chi connectivity index (χ1v) is 40.5. The average molecular weight is 1440 g/mol. The van der Waals surface area contributed by atoms with Crippen molar-refractivity contribution in [1.29, 1.82) is 0 Å². The third-order valence-electron chi connectivity index (χ3n) is 19.3. The van der Waals surface area contributed by atoms with Crippen LogP contribution in [-0.2, 0) is 56.7 Å². The van der Waals surface area contributed by atoms with E-state index < -0.39 is 99.4 Å². The molecule has 0 saturated carbocycles. The Morgan fingerprint density at radius 2 is 1.37 bits per heavy atom. The highest BCUT2D eigenvalue weighted by Gasteiger charge is 2.46. The fourth-order valence-electron chi connectivity index (χ4n) is 10.3. The van der Waals surface area contributed by atoms with Crippen LogP contribution in [0.5, 0.6) is 0 Å². The van der Waals surface area contributed by atoms with E-state index >= 15 is 0 Å². The first kappa shape index (κ1) is 79.2. The van der Waals surface area contributed by atoms with Crippen molar-refractivity contribution in [1.82, 2.24) is 52.1 Å². The zero-order valence-corrected chi connectivity index (χ0v) is 64.3. The standard InChI is InChI=1S/C36H54BrN5O6Si.C36H53N5O6Si/c1-12-36(9,21-47-49(10,11)35(6,7)8)34(46)48-30(22(2)3)32(44)39-24(5)33(45)42-19-13-14-28(41-42)31(43)38-23(4)27-18-16-25-15-17-26(37)20-29(25)40-27;1-22(2)30-32(43)38-24(4)33(44)41-19-11-12-28(40-41)31(42)37-23(3)27-16-15-26-14-13-25(20-29(26)39-27)17-18-36(8,34(45)47-30)21-46-48(9,10)35(5,6)7/h12,15-18,20,22-24,28,30,41H,1,13-14,19,21H2,2-11H3,(H,38,43)(H,39,44);13-18,20,22-24,28,30,40H,11-12,19,21H2,1-10H3,(H,37,42)(H,38,43)/b;18-17+/t2*23-,24+,28+,30+,36-/m11/s1. The normalized spacial score (nSPS) is 23.0. The highest BCUT2D eigenvalue weighted by molar-refractivity contribution is 9.10. The molecule has 2 aromatic carbocycles. The number of fused-ring (bicyclic) bond motifs is 5. The second-order valence-electron chi connectivity index (χ2n) is 30.4. The Balaban J connectivity index is 0.000000306. The van der Waals surface area contributed by atoms with Gasteiger partial charge in [-0.1, -0.05) is 134 Å². The molecule has 6 amide bonds. The van der Waals surface area contributed by atoms with Crippen LogP contribution in [-0.4, -0.2) is 147 Å². The second-order valence-corrected chi connectivity index (χ2v) is 41.0. The van der Waals surface area contributed by atoms with Crippen molar-refractivity contribution in [2.45, 2.75) is 221 Å².